The zero-order valence-electron chi connectivity index (χ0n) is 13.1. The van der Waals surface area contributed by atoms with Gasteiger partial charge in [-0.2, -0.15) is 11.8 Å². The van der Waals surface area contributed by atoms with E-state index in [1.54, 1.807) is 11.8 Å². The van der Waals surface area contributed by atoms with Crippen LogP contribution in [-0.2, 0) is 9.53 Å². The molecule has 0 aromatic carbocycles. The molecule has 3 N–H and O–H groups in total. The van der Waals surface area contributed by atoms with Gasteiger partial charge >= 0.3 is 5.97 Å². The lowest BCUT2D eigenvalue weighted by atomic mass is 9.85. The van der Waals surface area contributed by atoms with E-state index in [9.17, 15) is 9.90 Å². The molecule has 1 aliphatic rings. The molecule has 1 aliphatic carbocycles. The first-order valence-corrected chi connectivity index (χ1v) is 9.05. The molecule has 0 spiro atoms. The summed E-state index contributed by atoms with van der Waals surface area (Å²) in [5.74, 6) is 1.59. The van der Waals surface area contributed by atoms with Crippen LogP contribution in [0.2, 0.25) is 0 Å². The zero-order chi connectivity index (χ0) is 15.7. The van der Waals surface area contributed by atoms with Crippen LogP contribution in [0, 0.1) is 5.92 Å². The van der Waals surface area contributed by atoms with Crippen molar-refractivity contribution in [2.45, 2.75) is 51.2 Å². The van der Waals surface area contributed by atoms with Crippen LogP contribution in [-0.4, -0.2) is 59.1 Å². The molecule has 6 heteroatoms. The minimum absolute atomic E-state index is 0.116. The number of likely N-dealkylation sites (N-methyl/N-ethyl adjacent to an activating group) is 1. The van der Waals surface area contributed by atoms with Gasteiger partial charge in [0.15, 0.2) is 0 Å². The van der Waals surface area contributed by atoms with Gasteiger partial charge in [0.25, 0.3) is 0 Å². The van der Waals surface area contributed by atoms with Gasteiger partial charge in [0, 0.05) is 5.75 Å². The lowest BCUT2D eigenvalue weighted by Gasteiger charge is -2.34. The molecule has 0 radical (unpaired) electrons. The molecule has 0 saturated heterocycles. The molecule has 1 fully saturated rings. The van der Waals surface area contributed by atoms with Crippen LogP contribution >= 0.6 is 11.8 Å². The van der Waals surface area contributed by atoms with Gasteiger partial charge in [-0.05, 0) is 44.4 Å². The van der Waals surface area contributed by atoms with Crippen molar-refractivity contribution >= 4 is 17.7 Å². The van der Waals surface area contributed by atoms with Crippen molar-refractivity contribution < 1.29 is 19.7 Å². The van der Waals surface area contributed by atoms with E-state index in [4.69, 9.17) is 9.84 Å². The smallest absolute Gasteiger partial charge is 0.326 e. The predicted molar refractivity (Wildman–Crippen MR) is 85.4 cm³/mol. The van der Waals surface area contributed by atoms with Crippen LogP contribution in [0.4, 0.5) is 0 Å². The van der Waals surface area contributed by atoms with E-state index in [1.165, 1.54) is 0 Å². The number of carbonyl (C=O) groups is 1. The van der Waals surface area contributed by atoms with E-state index >= 15 is 0 Å². The second-order valence-electron chi connectivity index (χ2n) is 5.51. The summed E-state index contributed by atoms with van der Waals surface area (Å²) < 4.78 is 5.29. The highest BCUT2D eigenvalue weighted by Gasteiger charge is 2.49. The summed E-state index contributed by atoms with van der Waals surface area (Å²) >= 11 is 1.63. The molecule has 21 heavy (non-hydrogen) atoms. The fourth-order valence-corrected chi connectivity index (χ4v) is 4.11. The molecule has 124 valence electrons. The summed E-state index contributed by atoms with van der Waals surface area (Å²) in [5, 5.41) is 21.5. The maximum atomic E-state index is 12.4. The van der Waals surface area contributed by atoms with Crippen LogP contribution in [0.3, 0.4) is 0 Å². The van der Waals surface area contributed by atoms with Crippen LogP contribution in [0.1, 0.15) is 39.5 Å². The molecule has 0 amide bonds. The van der Waals surface area contributed by atoms with Crippen LogP contribution in [0.15, 0.2) is 0 Å². The highest BCUT2D eigenvalue weighted by molar-refractivity contribution is 7.99. The maximum Gasteiger partial charge on any atom is 0.326 e. The number of ether oxygens (including phenoxy) is 1. The number of rotatable bonds is 10. The summed E-state index contributed by atoms with van der Waals surface area (Å²) in [6.45, 7) is 4.83. The Morgan fingerprint density at radius 3 is 2.90 bits per heavy atom. The quantitative estimate of drug-likeness (QED) is 0.414. The lowest BCUT2D eigenvalue weighted by Crippen LogP contribution is -2.55. The first-order valence-electron chi connectivity index (χ1n) is 7.89. The average molecular weight is 319 g/mol. The van der Waals surface area contributed by atoms with Gasteiger partial charge in [0.2, 0.25) is 0 Å². The Labute approximate surface area is 131 Å². The van der Waals surface area contributed by atoms with Crippen LogP contribution in [0.5, 0.6) is 0 Å². The molecule has 0 aromatic rings. The average Bonchev–Trinajstić information content (AvgIpc) is 2.88. The summed E-state index contributed by atoms with van der Waals surface area (Å²) in [4.78, 5) is 12.4. The number of thioether (sulfide) groups is 1. The van der Waals surface area contributed by atoms with Crippen LogP contribution < -0.4 is 5.32 Å². The lowest BCUT2D eigenvalue weighted by molar-refractivity contribution is -0.153. The van der Waals surface area contributed by atoms with E-state index < -0.39 is 11.6 Å². The normalized spacial score (nSPS) is 26.8. The van der Waals surface area contributed by atoms with Gasteiger partial charge in [-0.25, -0.2) is 0 Å². The highest BCUT2D eigenvalue weighted by atomic mass is 32.2. The summed E-state index contributed by atoms with van der Waals surface area (Å²) in [6.07, 6.45) is 3.19. The minimum Gasteiger partial charge on any atom is -0.465 e. The molecule has 0 aliphatic heterocycles. The Morgan fingerprint density at radius 2 is 2.29 bits per heavy atom. The standard InChI is InChI=1S/C15H29NO4S/c1-3-16-15(14(19)20-4-2)8-5-6-12(15)7-9-21-11-13(18)10-17/h12-13,16-18H,3-11H2,1-2H3. The number of carbonyl (C=O) groups excluding carboxylic acids is 1. The number of aliphatic hydroxyl groups excluding tert-OH is 2. The Bertz CT molecular complexity index is 316. The van der Waals surface area contributed by atoms with Gasteiger partial charge in [-0.15, -0.1) is 0 Å². The molecule has 0 aromatic heterocycles. The fourth-order valence-electron chi connectivity index (χ4n) is 3.12. The summed E-state index contributed by atoms with van der Waals surface area (Å²) in [6, 6.07) is 0. The van der Waals surface area contributed by atoms with E-state index in [2.05, 4.69) is 5.32 Å². The van der Waals surface area contributed by atoms with Gasteiger partial charge < -0.3 is 20.3 Å². The third kappa shape index (κ3) is 5.13. The van der Waals surface area contributed by atoms with Crippen molar-refractivity contribution in [1.29, 1.82) is 0 Å². The molecule has 0 bridgehead atoms. The first-order chi connectivity index (χ1) is 10.1. The van der Waals surface area contributed by atoms with Crippen molar-refractivity contribution in [3.8, 4) is 0 Å². The highest BCUT2D eigenvalue weighted by Crippen LogP contribution is 2.39. The topological polar surface area (TPSA) is 78.8 Å². The van der Waals surface area contributed by atoms with Crippen molar-refractivity contribution in [1.82, 2.24) is 5.32 Å². The second kappa shape index (κ2) is 9.66. The first kappa shape index (κ1) is 18.7. The number of aliphatic hydroxyl groups is 2. The molecule has 5 nitrogen and oxygen atoms in total. The molecule has 0 heterocycles. The molecule has 1 rings (SSSR count). The van der Waals surface area contributed by atoms with E-state index in [-0.39, 0.29) is 18.5 Å². The Hall–Kier alpha value is -0.300. The maximum absolute atomic E-state index is 12.4. The number of hydrogen-bond donors (Lipinski definition) is 3. The monoisotopic (exact) mass is 319 g/mol. The Balaban J connectivity index is 2.55. The molecule has 1 saturated carbocycles. The fraction of sp³-hybridized carbons (Fsp3) is 0.933. The van der Waals surface area contributed by atoms with E-state index in [1.807, 2.05) is 13.8 Å². The van der Waals surface area contributed by atoms with Gasteiger partial charge in [-0.1, -0.05) is 13.3 Å². The van der Waals surface area contributed by atoms with Crippen molar-refractivity contribution in [2.75, 3.05) is 31.3 Å². The molecular formula is C15H29NO4S. The van der Waals surface area contributed by atoms with Gasteiger partial charge in [0.1, 0.15) is 5.54 Å². The van der Waals surface area contributed by atoms with Gasteiger partial charge in [-0.3, -0.25) is 4.79 Å². The minimum atomic E-state index is -0.651. The van der Waals surface area contributed by atoms with E-state index in [0.717, 1.165) is 38.0 Å². The summed E-state index contributed by atoms with van der Waals surface area (Å²) in [7, 11) is 0. The molecule has 3 atom stereocenters. The van der Waals surface area contributed by atoms with Gasteiger partial charge in [0.05, 0.1) is 19.3 Å². The Kier molecular flexibility index (Phi) is 8.63. The number of hydrogen-bond acceptors (Lipinski definition) is 6. The third-order valence-corrected chi connectivity index (χ3v) is 5.23. The third-order valence-electron chi connectivity index (χ3n) is 4.08. The summed E-state index contributed by atoms with van der Waals surface area (Å²) in [5.41, 5.74) is -0.527. The van der Waals surface area contributed by atoms with Crippen LogP contribution in [0.25, 0.3) is 0 Å². The van der Waals surface area contributed by atoms with Crippen molar-refractivity contribution in [3.05, 3.63) is 0 Å². The largest absolute Gasteiger partial charge is 0.465 e. The molecular weight excluding hydrogens is 290 g/mol. The predicted octanol–water partition coefficient (Wildman–Crippen LogP) is 1.17. The second-order valence-corrected chi connectivity index (χ2v) is 6.66. The Morgan fingerprint density at radius 1 is 1.52 bits per heavy atom. The van der Waals surface area contributed by atoms with Crippen molar-refractivity contribution in [2.24, 2.45) is 5.92 Å². The zero-order valence-corrected chi connectivity index (χ0v) is 14.0. The number of esters is 1. The van der Waals surface area contributed by atoms with E-state index in [0.29, 0.717) is 12.4 Å². The molecule has 3 unspecified atom stereocenters. The van der Waals surface area contributed by atoms with Crippen molar-refractivity contribution in [3.63, 3.8) is 0 Å². The SMILES string of the molecule is CCNC1(C(=O)OCC)CCCC1CCSCC(O)CO. The number of nitrogens with one attached hydrogen (secondary N) is 1.